The number of ether oxygens (including phenoxy) is 2. The van der Waals surface area contributed by atoms with E-state index in [1.807, 2.05) is 12.1 Å². The van der Waals surface area contributed by atoms with Gasteiger partial charge < -0.3 is 24.5 Å². The average molecular weight is 542 g/mol. The summed E-state index contributed by atoms with van der Waals surface area (Å²) in [6, 6.07) is 8.36. The van der Waals surface area contributed by atoms with Gasteiger partial charge in [0, 0.05) is 37.6 Å². The van der Waals surface area contributed by atoms with Gasteiger partial charge in [-0.15, -0.1) is 24.0 Å². The van der Waals surface area contributed by atoms with Gasteiger partial charge in [-0.05, 0) is 30.5 Å². The average Bonchev–Trinajstić information content (AvgIpc) is 3.24. The highest BCUT2D eigenvalue weighted by molar-refractivity contribution is 14.0. The van der Waals surface area contributed by atoms with Crippen molar-refractivity contribution in [2.75, 3.05) is 33.9 Å². The molecule has 2 N–H and O–H groups in total. The van der Waals surface area contributed by atoms with Crippen LogP contribution in [0.4, 0.5) is 0 Å². The van der Waals surface area contributed by atoms with Crippen LogP contribution in [0.2, 0.25) is 0 Å². The summed E-state index contributed by atoms with van der Waals surface area (Å²) in [6.45, 7) is 9.08. The Morgan fingerprint density at radius 3 is 2.39 bits per heavy atom. The van der Waals surface area contributed by atoms with Crippen molar-refractivity contribution in [3.63, 3.8) is 0 Å². The van der Waals surface area contributed by atoms with Crippen LogP contribution in [-0.4, -0.2) is 44.9 Å². The van der Waals surface area contributed by atoms with Gasteiger partial charge in [0.15, 0.2) is 5.96 Å². The largest absolute Gasteiger partial charge is 0.497 e. The number of halogens is 1. The van der Waals surface area contributed by atoms with Gasteiger partial charge in [-0.3, -0.25) is 4.99 Å². The van der Waals surface area contributed by atoms with Crippen molar-refractivity contribution >= 4 is 29.9 Å². The third-order valence-corrected chi connectivity index (χ3v) is 5.67. The van der Waals surface area contributed by atoms with Crippen LogP contribution in [0.15, 0.2) is 39.9 Å². The molecule has 1 aromatic heterocycles. The van der Waals surface area contributed by atoms with E-state index < -0.39 is 0 Å². The lowest BCUT2D eigenvalue weighted by atomic mass is 9.74. The van der Waals surface area contributed by atoms with Gasteiger partial charge >= 0.3 is 0 Å². The Bertz CT molecular complexity index is 837. The number of hydrogen-bond acceptors (Lipinski definition) is 5. The van der Waals surface area contributed by atoms with E-state index in [1.165, 1.54) is 5.56 Å². The lowest BCUT2D eigenvalue weighted by molar-refractivity contribution is 0.0513. The molecule has 0 aliphatic carbocycles. The minimum atomic E-state index is -0.0566. The van der Waals surface area contributed by atoms with Crippen molar-refractivity contribution < 1.29 is 13.9 Å². The first-order valence-corrected chi connectivity index (χ1v) is 10.5. The Labute approximate surface area is 202 Å². The number of rotatable bonds is 6. The van der Waals surface area contributed by atoms with E-state index in [0.29, 0.717) is 12.4 Å². The maximum Gasteiger partial charge on any atom is 0.213 e. The first-order valence-electron chi connectivity index (χ1n) is 10.5. The molecule has 0 amide bonds. The zero-order valence-corrected chi connectivity index (χ0v) is 21.5. The summed E-state index contributed by atoms with van der Waals surface area (Å²) in [5, 5.41) is 6.81. The molecule has 2 heterocycles. The van der Waals surface area contributed by atoms with Gasteiger partial charge in [-0.2, -0.15) is 0 Å². The molecule has 31 heavy (non-hydrogen) atoms. The summed E-state index contributed by atoms with van der Waals surface area (Å²) in [5.74, 6) is 3.12. The fourth-order valence-corrected chi connectivity index (χ4v) is 3.65. The van der Waals surface area contributed by atoms with Crippen molar-refractivity contribution in [2.24, 2.45) is 4.99 Å². The molecule has 3 rings (SSSR count). The van der Waals surface area contributed by atoms with Crippen LogP contribution in [0.1, 0.15) is 50.8 Å². The fraction of sp³-hybridized carbons (Fsp3) is 0.565. The molecule has 1 saturated heterocycles. The van der Waals surface area contributed by atoms with Crippen molar-refractivity contribution in [1.82, 2.24) is 15.6 Å². The number of oxazole rings is 1. The maximum atomic E-state index is 5.86. The third kappa shape index (κ3) is 6.58. The van der Waals surface area contributed by atoms with Gasteiger partial charge in [0.1, 0.15) is 11.5 Å². The summed E-state index contributed by atoms with van der Waals surface area (Å²) < 4.78 is 16.8. The zero-order valence-electron chi connectivity index (χ0n) is 19.2. The topological polar surface area (TPSA) is 80.9 Å². The molecule has 0 bridgehead atoms. The minimum Gasteiger partial charge on any atom is -0.497 e. The molecule has 172 valence electrons. The molecule has 0 atom stereocenters. The highest BCUT2D eigenvalue weighted by Crippen LogP contribution is 2.35. The maximum absolute atomic E-state index is 5.86. The molecule has 0 radical (unpaired) electrons. The van der Waals surface area contributed by atoms with E-state index in [2.05, 4.69) is 53.5 Å². The number of benzene rings is 1. The summed E-state index contributed by atoms with van der Waals surface area (Å²) in [7, 11) is 3.46. The molecule has 0 saturated carbocycles. The van der Waals surface area contributed by atoms with Crippen molar-refractivity contribution in [2.45, 2.75) is 51.0 Å². The zero-order chi connectivity index (χ0) is 21.6. The van der Waals surface area contributed by atoms with Crippen LogP contribution < -0.4 is 15.4 Å². The predicted octanol–water partition coefficient (Wildman–Crippen LogP) is 4.01. The number of nitrogens with zero attached hydrogens (tertiary/aromatic N) is 2. The number of aromatic nitrogens is 1. The minimum absolute atomic E-state index is 0. The predicted molar refractivity (Wildman–Crippen MR) is 134 cm³/mol. The van der Waals surface area contributed by atoms with Crippen LogP contribution >= 0.6 is 24.0 Å². The molecular weight excluding hydrogens is 507 g/mol. The van der Waals surface area contributed by atoms with Crippen LogP contribution in [-0.2, 0) is 22.1 Å². The lowest BCUT2D eigenvalue weighted by Crippen LogP contribution is -2.47. The smallest absolute Gasteiger partial charge is 0.213 e. The van der Waals surface area contributed by atoms with Crippen LogP contribution in [0, 0.1) is 0 Å². The van der Waals surface area contributed by atoms with E-state index in [0.717, 1.165) is 50.1 Å². The van der Waals surface area contributed by atoms with Crippen LogP contribution in [0.5, 0.6) is 5.75 Å². The molecular formula is C23H35IN4O3. The molecule has 8 heteroatoms. The number of guanidine groups is 1. The number of methoxy groups -OCH3 is 1. The van der Waals surface area contributed by atoms with E-state index in [9.17, 15) is 0 Å². The van der Waals surface area contributed by atoms with Gasteiger partial charge in [0.25, 0.3) is 0 Å². The normalized spacial score (nSPS) is 16.4. The van der Waals surface area contributed by atoms with Crippen molar-refractivity contribution in [1.29, 1.82) is 0 Å². The van der Waals surface area contributed by atoms with Crippen molar-refractivity contribution in [3.8, 4) is 5.75 Å². The van der Waals surface area contributed by atoms with Crippen LogP contribution in [0.3, 0.4) is 0 Å². The number of hydrogen-bond donors (Lipinski definition) is 2. The Balaban J connectivity index is 0.00000341. The molecule has 7 nitrogen and oxygen atoms in total. The van der Waals surface area contributed by atoms with Gasteiger partial charge in [-0.1, -0.05) is 32.9 Å². The fourth-order valence-electron chi connectivity index (χ4n) is 3.65. The monoisotopic (exact) mass is 542 g/mol. The quantitative estimate of drug-likeness (QED) is 0.326. The Kier molecular flexibility index (Phi) is 9.17. The van der Waals surface area contributed by atoms with Gasteiger partial charge in [0.2, 0.25) is 5.89 Å². The van der Waals surface area contributed by atoms with E-state index in [1.54, 1.807) is 20.4 Å². The van der Waals surface area contributed by atoms with E-state index in [4.69, 9.17) is 13.9 Å². The standard InChI is InChI=1S/C23H34N4O3.HI/c1-22(2,3)19-14-25-20(30-19)15-26-21(24-4)27-16-23(10-12-29-13-11-23)17-6-8-18(28-5)9-7-17;/h6-9,14H,10-13,15-16H2,1-5H3,(H2,24,26,27);1H. The Hall–Kier alpha value is -1.81. The van der Waals surface area contributed by atoms with Crippen LogP contribution in [0.25, 0.3) is 0 Å². The molecule has 1 aliphatic rings. The number of aliphatic imine (C=N–C) groups is 1. The van der Waals surface area contributed by atoms with Crippen molar-refractivity contribution in [3.05, 3.63) is 47.7 Å². The summed E-state index contributed by atoms with van der Waals surface area (Å²) in [5.41, 5.74) is 1.22. The van der Waals surface area contributed by atoms with E-state index >= 15 is 0 Å². The molecule has 0 spiro atoms. The van der Waals surface area contributed by atoms with E-state index in [-0.39, 0.29) is 34.8 Å². The second-order valence-corrected chi connectivity index (χ2v) is 8.77. The third-order valence-electron chi connectivity index (χ3n) is 5.67. The first-order chi connectivity index (χ1) is 14.4. The molecule has 1 aliphatic heterocycles. The highest BCUT2D eigenvalue weighted by Gasteiger charge is 2.34. The summed E-state index contributed by atoms with van der Waals surface area (Å²) in [6.07, 6.45) is 3.71. The second-order valence-electron chi connectivity index (χ2n) is 8.77. The van der Waals surface area contributed by atoms with Gasteiger partial charge in [0.05, 0.1) is 19.9 Å². The summed E-state index contributed by atoms with van der Waals surface area (Å²) in [4.78, 5) is 8.75. The Morgan fingerprint density at radius 2 is 1.84 bits per heavy atom. The second kappa shape index (κ2) is 11.2. The summed E-state index contributed by atoms with van der Waals surface area (Å²) >= 11 is 0. The highest BCUT2D eigenvalue weighted by atomic mass is 127. The SMILES string of the molecule is CN=C(NCc1ncc(C(C)(C)C)o1)NCC1(c2ccc(OC)cc2)CCOCC1.I. The molecule has 0 unspecified atom stereocenters. The lowest BCUT2D eigenvalue weighted by Gasteiger charge is -2.38. The van der Waals surface area contributed by atoms with Gasteiger partial charge in [-0.25, -0.2) is 4.98 Å². The molecule has 2 aromatic rings. The first kappa shape index (κ1) is 25.5. The number of nitrogens with one attached hydrogen (secondary N) is 2. The molecule has 1 fully saturated rings. The molecule has 1 aromatic carbocycles. The Morgan fingerprint density at radius 1 is 1.16 bits per heavy atom.